The molecule has 0 unspecified atom stereocenters. The third-order valence-corrected chi connectivity index (χ3v) is 12.3. The number of benzene rings is 10. The molecule has 0 heterocycles. The summed E-state index contributed by atoms with van der Waals surface area (Å²) in [7, 11) is 0. The molecule has 0 saturated carbocycles. The van der Waals surface area contributed by atoms with E-state index in [0.29, 0.717) is 0 Å². The van der Waals surface area contributed by atoms with Crippen LogP contribution < -0.4 is 0 Å². The van der Waals surface area contributed by atoms with Gasteiger partial charge in [0.15, 0.2) is 0 Å². The highest BCUT2D eigenvalue weighted by Crippen LogP contribution is 2.56. The minimum absolute atomic E-state index is 0.273. The maximum Gasteiger partial charge on any atom is 0.116 e. The van der Waals surface area contributed by atoms with Gasteiger partial charge in [-0.05, 0) is 136 Å². The molecule has 11 rings (SSSR count). The van der Waals surface area contributed by atoms with Gasteiger partial charge in [0.1, 0.15) is 11.5 Å². The maximum atomic E-state index is 10.2. The number of hydrogen-bond acceptors (Lipinski definition) is 2. The summed E-state index contributed by atoms with van der Waals surface area (Å²) < 4.78 is 0. The lowest BCUT2D eigenvalue weighted by Crippen LogP contribution is -2.28. The van der Waals surface area contributed by atoms with Crippen LogP contribution in [0.4, 0.5) is 0 Å². The van der Waals surface area contributed by atoms with E-state index in [2.05, 4.69) is 182 Å². The van der Waals surface area contributed by atoms with Crippen LogP contribution in [-0.2, 0) is 5.41 Å². The normalized spacial score (nSPS) is 12.7. The van der Waals surface area contributed by atoms with Gasteiger partial charge in [-0.3, -0.25) is 0 Å². The Morgan fingerprint density at radius 2 is 0.627 bits per heavy atom. The fourth-order valence-corrected chi connectivity index (χ4v) is 9.59. The molecule has 59 heavy (non-hydrogen) atoms. The molecule has 0 aliphatic heterocycles. The summed E-state index contributed by atoms with van der Waals surface area (Å²) in [5, 5.41) is 24.5. The number of aromatic hydroxyl groups is 2. The molecule has 0 aromatic heterocycles. The van der Waals surface area contributed by atoms with Crippen molar-refractivity contribution in [2.24, 2.45) is 0 Å². The average Bonchev–Trinajstić information content (AvgIpc) is 3.60. The van der Waals surface area contributed by atoms with E-state index < -0.39 is 5.41 Å². The molecule has 10 aromatic carbocycles. The molecule has 2 N–H and O–H groups in total. The Morgan fingerprint density at radius 1 is 0.254 bits per heavy atom. The second kappa shape index (κ2) is 13.8. The third kappa shape index (κ3) is 5.64. The van der Waals surface area contributed by atoms with Crippen molar-refractivity contribution < 1.29 is 10.2 Å². The number of phenols is 2. The van der Waals surface area contributed by atoms with E-state index in [1.54, 1.807) is 12.1 Å². The van der Waals surface area contributed by atoms with E-state index in [1.165, 1.54) is 55.6 Å². The highest BCUT2D eigenvalue weighted by Gasteiger charge is 2.46. The molecule has 0 spiro atoms. The van der Waals surface area contributed by atoms with Crippen LogP contribution in [0.15, 0.2) is 218 Å². The highest BCUT2D eigenvalue weighted by atomic mass is 16.3. The molecule has 0 amide bonds. The van der Waals surface area contributed by atoms with Gasteiger partial charge in [-0.2, -0.15) is 0 Å². The van der Waals surface area contributed by atoms with Crippen molar-refractivity contribution in [2.75, 3.05) is 0 Å². The van der Waals surface area contributed by atoms with Crippen molar-refractivity contribution in [2.45, 2.75) is 5.41 Å². The van der Waals surface area contributed by atoms with Gasteiger partial charge >= 0.3 is 0 Å². The van der Waals surface area contributed by atoms with E-state index in [4.69, 9.17) is 0 Å². The predicted octanol–water partition coefficient (Wildman–Crippen LogP) is 14.4. The van der Waals surface area contributed by atoms with Crippen LogP contribution in [0, 0.1) is 0 Å². The van der Waals surface area contributed by atoms with Gasteiger partial charge in [0.25, 0.3) is 0 Å². The molecule has 0 fully saturated rings. The van der Waals surface area contributed by atoms with E-state index >= 15 is 0 Å². The molecule has 1 aliphatic carbocycles. The van der Waals surface area contributed by atoms with Crippen molar-refractivity contribution in [3.05, 3.63) is 241 Å². The molecule has 2 nitrogen and oxygen atoms in total. The molecule has 278 valence electrons. The van der Waals surface area contributed by atoms with Gasteiger partial charge in [0, 0.05) is 0 Å². The maximum absolute atomic E-state index is 10.2. The van der Waals surface area contributed by atoms with Crippen LogP contribution in [-0.4, -0.2) is 10.2 Å². The molecule has 10 aromatic rings. The minimum Gasteiger partial charge on any atom is -0.508 e. The summed E-state index contributed by atoms with van der Waals surface area (Å²) in [6.07, 6.45) is 0. The van der Waals surface area contributed by atoms with E-state index in [9.17, 15) is 10.2 Å². The topological polar surface area (TPSA) is 40.5 Å². The van der Waals surface area contributed by atoms with Crippen LogP contribution in [0.3, 0.4) is 0 Å². The Kier molecular flexibility index (Phi) is 8.06. The predicted molar refractivity (Wildman–Crippen MR) is 244 cm³/mol. The molecule has 0 saturated heterocycles. The smallest absolute Gasteiger partial charge is 0.116 e. The van der Waals surface area contributed by atoms with E-state index in [-0.39, 0.29) is 11.5 Å². The Labute approximate surface area is 343 Å². The Hall–Kier alpha value is -7.68. The Morgan fingerprint density at radius 3 is 1.20 bits per heavy atom. The fourth-order valence-electron chi connectivity index (χ4n) is 9.59. The fraction of sp³-hybridized carbons (Fsp3) is 0.0175. The van der Waals surface area contributed by atoms with Crippen molar-refractivity contribution in [1.29, 1.82) is 0 Å². The third-order valence-electron chi connectivity index (χ3n) is 12.3. The molecular formula is C57H38O2. The molecule has 2 heteroatoms. The summed E-state index contributed by atoms with van der Waals surface area (Å²) >= 11 is 0. The SMILES string of the molecule is Oc1ccc2cc(-c3ccccc3-c3ccccc3-c3ccc(-c4ccc(C5(c6ccc7cc(O)ccc7c6)c6ccccc6-c6ccccc65)cc4)cc3)ccc2c1. The monoisotopic (exact) mass is 754 g/mol. The zero-order valence-corrected chi connectivity index (χ0v) is 32.2. The summed E-state index contributed by atoms with van der Waals surface area (Å²) in [4.78, 5) is 0. The zero-order valence-electron chi connectivity index (χ0n) is 32.2. The summed E-state index contributed by atoms with van der Waals surface area (Å²) in [6, 6.07) is 77.3. The average molecular weight is 755 g/mol. The van der Waals surface area contributed by atoms with E-state index in [1.807, 2.05) is 24.3 Å². The largest absolute Gasteiger partial charge is 0.508 e. The number of hydrogen-bond donors (Lipinski definition) is 2. The van der Waals surface area contributed by atoms with Crippen molar-refractivity contribution in [3.63, 3.8) is 0 Å². The Balaban J connectivity index is 0.971. The molecular weight excluding hydrogens is 717 g/mol. The molecule has 0 bridgehead atoms. The first-order chi connectivity index (χ1) is 29.0. The van der Waals surface area contributed by atoms with Crippen molar-refractivity contribution in [1.82, 2.24) is 0 Å². The van der Waals surface area contributed by atoms with Crippen LogP contribution in [0.5, 0.6) is 11.5 Å². The van der Waals surface area contributed by atoms with Gasteiger partial charge in [-0.1, -0.05) is 182 Å². The number of rotatable bonds is 6. The van der Waals surface area contributed by atoms with Crippen molar-refractivity contribution >= 4 is 21.5 Å². The highest BCUT2D eigenvalue weighted by molar-refractivity contribution is 5.96. The van der Waals surface area contributed by atoms with Crippen LogP contribution in [0.2, 0.25) is 0 Å². The van der Waals surface area contributed by atoms with Crippen LogP contribution >= 0.6 is 0 Å². The molecule has 1 aliphatic rings. The first-order valence-corrected chi connectivity index (χ1v) is 20.1. The zero-order chi connectivity index (χ0) is 39.5. The van der Waals surface area contributed by atoms with Gasteiger partial charge in [0.2, 0.25) is 0 Å². The summed E-state index contributed by atoms with van der Waals surface area (Å²) in [6.45, 7) is 0. The standard InChI is InChI=1S/C57H38O2/c58-47-31-26-40-33-44(22-21-42(40)35-47)50-10-2-4-12-52(50)51-11-3-1-9-49(51)39-19-17-37(18-20-39)38-23-28-45(29-24-38)57(46-30-25-43-36-48(59)32-27-41(43)34-46)55-15-7-5-13-53(55)54-14-6-8-16-56(54)57/h1-36,58-59H. The minimum atomic E-state index is -0.516. The van der Waals surface area contributed by atoms with Gasteiger partial charge in [-0.25, -0.2) is 0 Å². The Bertz CT molecular complexity index is 3180. The number of phenolic OH excluding ortho intramolecular Hbond substituents is 2. The first-order valence-electron chi connectivity index (χ1n) is 20.1. The van der Waals surface area contributed by atoms with Crippen LogP contribution in [0.25, 0.3) is 77.2 Å². The summed E-state index contributed by atoms with van der Waals surface area (Å²) in [5.41, 5.74) is 16.3. The lowest BCUT2D eigenvalue weighted by molar-refractivity contribution is 0.475. The quantitative estimate of drug-likeness (QED) is 0.177. The van der Waals surface area contributed by atoms with Gasteiger partial charge in [-0.15, -0.1) is 0 Å². The second-order valence-electron chi connectivity index (χ2n) is 15.6. The lowest BCUT2D eigenvalue weighted by atomic mass is 9.67. The van der Waals surface area contributed by atoms with Gasteiger partial charge < -0.3 is 10.2 Å². The number of fused-ring (bicyclic) bond motifs is 5. The van der Waals surface area contributed by atoms with Gasteiger partial charge in [0.05, 0.1) is 5.41 Å². The first kappa shape index (κ1) is 34.6. The molecule has 0 radical (unpaired) electrons. The van der Waals surface area contributed by atoms with Crippen LogP contribution in [0.1, 0.15) is 22.3 Å². The lowest BCUT2D eigenvalue weighted by Gasteiger charge is -2.34. The summed E-state index contributed by atoms with van der Waals surface area (Å²) in [5.74, 6) is 0.549. The van der Waals surface area contributed by atoms with Crippen molar-refractivity contribution in [3.8, 4) is 67.1 Å². The second-order valence-corrected chi connectivity index (χ2v) is 15.6. The molecule has 0 atom stereocenters. The van der Waals surface area contributed by atoms with E-state index in [0.717, 1.165) is 43.8 Å².